The maximum atomic E-state index is 10.1. The second-order valence-electron chi connectivity index (χ2n) is 10.4. The molecule has 246 valence electrons. The smallest absolute Gasteiger partial charge is 0.491 e. The number of benzene rings is 1. The molecule has 0 aromatic heterocycles. The van der Waals surface area contributed by atoms with E-state index >= 15 is 0 Å². The summed E-state index contributed by atoms with van der Waals surface area (Å²) < 4.78 is 60.1. The van der Waals surface area contributed by atoms with Crippen molar-refractivity contribution in [2.75, 3.05) is 106 Å². The number of ether oxygens (including phenoxy) is 9. The summed E-state index contributed by atoms with van der Waals surface area (Å²) in [6.07, 6.45) is -1.31. The SMILES string of the molecule is CC1(C)OB(c2ccc(OCCOCCOCCOCCOCCOCCOCCOCCOC(=O)O)cc2)OC1(C)C. The highest BCUT2D eigenvalue weighted by Gasteiger charge is 2.51. The van der Waals surface area contributed by atoms with E-state index in [-0.39, 0.29) is 31.5 Å². The summed E-state index contributed by atoms with van der Waals surface area (Å²) in [5, 5.41) is 8.30. The molecule has 14 heteroatoms. The topological polar surface area (TPSA) is 139 Å². The monoisotopic (exact) mass is 616 g/mol. The molecule has 1 saturated heterocycles. The van der Waals surface area contributed by atoms with Gasteiger partial charge in [0.05, 0.1) is 104 Å². The highest BCUT2D eigenvalue weighted by Crippen LogP contribution is 2.36. The van der Waals surface area contributed by atoms with Gasteiger partial charge in [0.1, 0.15) is 19.0 Å². The Labute approximate surface area is 255 Å². The lowest BCUT2D eigenvalue weighted by molar-refractivity contribution is -0.0228. The maximum absolute atomic E-state index is 10.1. The number of hydrogen-bond donors (Lipinski definition) is 1. The second kappa shape index (κ2) is 21.7. The van der Waals surface area contributed by atoms with Crippen LogP contribution in [0.5, 0.6) is 5.75 Å². The van der Waals surface area contributed by atoms with Gasteiger partial charge in [0.2, 0.25) is 0 Å². The molecule has 1 aromatic carbocycles. The summed E-state index contributed by atoms with van der Waals surface area (Å²) >= 11 is 0. The molecule has 1 aliphatic heterocycles. The Bertz CT molecular complexity index is 837. The molecule has 1 fully saturated rings. The fraction of sp³-hybridized carbons (Fsp3) is 0.759. The summed E-state index contributed by atoms with van der Waals surface area (Å²) in [4.78, 5) is 10.1. The van der Waals surface area contributed by atoms with E-state index in [1.54, 1.807) is 0 Å². The Hall–Kier alpha value is -2.01. The van der Waals surface area contributed by atoms with Gasteiger partial charge in [-0.3, -0.25) is 0 Å². The van der Waals surface area contributed by atoms with Crippen LogP contribution in [0.2, 0.25) is 0 Å². The number of carboxylic acid groups (broad SMARTS) is 1. The van der Waals surface area contributed by atoms with Gasteiger partial charge in [-0.15, -0.1) is 0 Å². The molecule has 2 rings (SSSR count). The van der Waals surface area contributed by atoms with Crippen LogP contribution in [0.25, 0.3) is 0 Å². The van der Waals surface area contributed by atoms with Gasteiger partial charge in [0, 0.05) is 0 Å². The third-order valence-corrected chi connectivity index (χ3v) is 6.59. The van der Waals surface area contributed by atoms with Crippen molar-refractivity contribution in [1.29, 1.82) is 0 Å². The van der Waals surface area contributed by atoms with Gasteiger partial charge in [-0.25, -0.2) is 4.79 Å². The van der Waals surface area contributed by atoms with Crippen LogP contribution in [-0.4, -0.2) is 135 Å². The van der Waals surface area contributed by atoms with Crippen LogP contribution in [0.4, 0.5) is 4.79 Å². The Morgan fingerprint density at radius 1 is 0.581 bits per heavy atom. The molecular formula is C29H49BO13. The molecule has 0 spiro atoms. The molecule has 0 radical (unpaired) electrons. The fourth-order valence-corrected chi connectivity index (χ4v) is 3.53. The van der Waals surface area contributed by atoms with Crippen LogP contribution in [0.15, 0.2) is 24.3 Å². The van der Waals surface area contributed by atoms with E-state index in [0.717, 1.165) is 11.2 Å². The van der Waals surface area contributed by atoms with Crippen molar-refractivity contribution in [1.82, 2.24) is 0 Å². The van der Waals surface area contributed by atoms with Crippen molar-refractivity contribution in [2.45, 2.75) is 38.9 Å². The average Bonchev–Trinajstić information content (AvgIpc) is 3.19. The Kier molecular flexibility index (Phi) is 18.7. The number of rotatable bonds is 26. The quantitative estimate of drug-likeness (QED) is 0.0925. The largest absolute Gasteiger partial charge is 0.505 e. The van der Waals surface area contributed by atoms with E-state index in [9.17, 15) is 4.79 Å². The summed E-state index contributed by atoms with van der Waals surface area (Å²) in [5.74, 6) is 0.766. The highest BCUT2D eigenvalue weighted by molar-refractivity contribution is 6.62. The standard InChI is InChI=1S/C29H49BO13/c1-28(2)29(3,4)43-30(42-28)25-5-7-26(8-6-25)40-23-21-38-19-17-36-15-13-34-11-9-33-10-12-35-14-16-37-18-20-39-22-24-41-27(31)32/h5-8H,9-24H2,1-4H3,(H,31,32). The molecule has 1 aliphatic rings. The van der Waals surface area contributed by atoms with Crippen LogP contribution < -0.4 is 10.2 Å². The van der Waals surface area contributed by atoms with Crippen LogP contribution >= 0.6 is 0 Å². The maximum Gasteiger partial charge on any atom is 0.505 e. The van der Waals surface area contributed by atoms with Crippen molar-refractivity contribution in [2.24, 2.45) is 0 Å². The summed E-state index contributed by atoms with van der Waals surface area (Å²) in [7, 11) is -0.384. The number of hydrogen-bond acceptors (Lipinski definition) is 12. The van der Waals surface area contributed by atoms with Crippen LogP contribution in [0.3, 0.4) is 0 Å². The minimum Gasteiger partial charge on any atom is -0.491 e. The van der Waals surface area contributed by atoms with Crippen molar-refractivity contribution >= 4 is 18.7 Å². The van der Waals surface area contributed by atoms with Crippen molar-refractivity contribution in [3.63, 3.8) is 0 Å². The summed E-state index contributed by atoms with van der Waals surface area (Å²) in [6, 6.07) is 7.74. The third kappa shape index (κ3) is 16.6. The fourth-order valence-electron chi connectivity index (χ4n) is 3.53. The Morgan fingerprint density at radius 2 is 0.907 bits per heavy atom. The third-order valence-electron chi connectivity index (χ3n) is 6.59. The molecule has 0 aliphatic carbocycles. The van der Waals surface area contributed by atoms with Gasteiger partial charge in [0.15, 0.2) is 0 Å². The Morgan fingerprint density at radius 3 is 1.26 bits per heavy atom. The molecule has 1 heterocycles. The molecule has 13 nitrogen and oxygen atoms in total. The van der Waals surface area contributed by atoms with Gasteiger partial charge in [-0.2, -0.15) is 0 Å². The van der Waals surface area contributed by atoms with Crippen molar-refractivity contribution < 1.29 is 61.8 Å². The number of carbonyl (C=O) groups is 1. The van der Waals surface area contributed by atoms with E-state index in [2.05, 4.69) is 4.74 Å². The molecule has 1 N–H and O–H groups in total. The van der Waals surface area contributed by atoms with Gasteiger partial charge in [-0.1, -0.05) is 12.1 Å². The molecule has 1 aromatic rings. The van der Waals surface area contributed by atoms with Gasteiger partial charge >= 0.3 is 13.3 Å². The zero-order valence-electron chi connectivity index (χ0n) is 26.0. The second-order valence-corrected chi connectivity index (χ2v) is 10.4. The normalized spacial score (nSPS) is 15.6. The zero-order chi connectivity index (χ0) is 31.2. The molecular weight excluding hydrogens is 567 g/mol. The van der Waals surface area contributed by atoms with E-state index < -0.39 is 6.16 Å². The minimum absolute atomic E-state index is 0.00804. The first kappa shape index (κ1) is 37.2. The first-order valence-electron chi connectivity index (χ1n) is 14.7. The van der Waals surface area contributed by atoms with Crippen LogP contribution in [-0.2, 0) is 47.2 Å². The Balaban J connectivity index is 1.27. The van der Waals surface area contributed by atoms with E-state index in [1.807, 2.05) is 52.0 Å². The van der Waals surface area contributed by atoms with Crippen molar-refractivity contribution in [3.8, 4) is 5.75 Å². The first-order chi connectivity index (χ1) is 20.7. The summed E-state index contributed by atoms with van der Waals surface area (Å²) in [6.45, 7) is 14.8. The van der Waals surface area contributed by atoms with Crippen molar-refractivity contribution in [3.05, 3.63) is 24.3 Å². The minimum atomic E-state index is -1.31. The summed E-state index contributed by atoms with van der Waals surface area (Å²) in [5.41, 5.74) is 0.231. The van der Waals surface area contributed by atoms with Gasteiger partial charge in [0.25, 0.3) is 0 Å². The first-order valence-corrected chi connectivity index (χ1v) is 14.7. The van der Waals surface area contributed by atoms with E-state index in [1.165, 1.54) is 0 Å². The average molecular weight is 617 g/mol. The van der Waals surface area contributed by atoms with E-state index in [4.69, 9.17) is 52.3 Å². The molecule has 0 unspecified atom stereocenters. The van der Waals surface area contributed by atoms with Gasteiger partial charge < -0.3 is 57.0 Å². The molecule has 0 amide bonds. The lowest BCUT2D eigenvalue weighted by Crippen LogP contribution is -2.41. The van der Waals surface area contributed by atoms with Crippen LogP contribution in [0, 0.1) is 0 Å². The van der Waals surface area contributed by atoms with E-state index in [0.29, 0.717) is 92.5 Å². The molecule has 0 atom stereocenters. The highest BCUT2D eigenvalue weighted by atomic mass is 16.7. The van der Waals surface area contributed by atoms with Gasteiger partial charge in [-0.05, 0) is 45.3 Å². The zero-order valence-corrected chi connectivity index (χ0v) is 26.0. The predicted molar refractivity (Wildman–Crippen MR) is 157 cm³/mol. The predicted octanol–water partition coefficient (Wildman–Crippen LogP) is 2.18. The molecule has 43 heavy (non-hydrogen) atoms. The molecule has 0 saturated carbocycles. The molecule has 0 bridgehead atoms. The lowest BCUT2D eigenvalue weighted by Gasteiger charge is -2.32. The van der Waals surface area contributed by atoms with Crippen LogP contribution in [0.1, 0.15) is 27.7 Å². The lowest BCUT2D eigenvalue weighted by atomic mass is 9.79.